The summed E-state index contributed by atoms with van der Waals surface area (Å²) in [6, 6.07) is 6.92. The maximum absolute atomic E-state index is 11.0. The van der Waals surface area contributed by atoms with Crippen LogP contribution in [0.25, 0.3) is 0 Å². The minimum atomic E-state index is -0.231. The topological polar surface area (TPSA) is 50.1 Å². The van der Waals surface area contributed by atoms with Crippen molar-refractivity contribution in [2.75, 3.05) is 6.61 Å². The van der Waals surface area contributed by atoms with Crippen LogP contribution in [0, 0.1) is 18.3 Å². The highest BCUT2D eigenvalue weighted by Gasteiger charge is 2.03. The minimum absolute atomic E-state index is 0.0748. The molecule has 0 saturated heterocycles. The van der Waals surface area contributed by atoms with Gasteiger partial charge >= 0.3 is 0 Å². The predicted octanol–water partition coefficient (Wildman–Crippen LogP) is 2.51. The first-order valence-electron chi connectivity index (χ1n) is 4.41. The van der Waals surface area contributed by atoms with Crippen LogP contribution in [-0.2, 0) is 4.79 Å². The lowest BCUT2D eigenvalue weighted by atomic mass is 10.2. The molecule has 4 heteroatoms. The molecule has 0 fully saturated rings. The number of hydrogen-bond acceptors (Lipinski definition) is 3. The van der Waals surface area contributed by atoms with Crippen LogP contribution in [0.5, 0.6) is 5.75 Å². The molecule has 0 heterocycles. The number of nitrogens with zero attached hydrogens (tertiary/aromatic N) is 1. The molecule has 0 saturated carbocycles. The number of Topliss-reactive ketones (excluding diaryl/α,β-unsaturated/α-hetero) is 1. The van der Waals surface area contributed by atoms with E-state index in [2.05, 4.69) is 0 Å². The van der Waals surface area contributed by atoms with Crippen molar-refractivity contribution in [2.45, 2.75) is 13.3 Å². The Morgan fingerprint density at radius 3 is 2.93 bits per heavy atom. The summed E-state index contributed by atoms with van der Waals surface area (Å²) in [5.41, 5.74) is 0.891. The van der Waals surface area contributed by atoms with Gasteiger partial charge in [-0.25, -0.2) is 0 Å². The van der Waals surface area contributed by atoms with Crippen molar-refractivity contribution < 1.29 is 9.53 Å². The van der Waals surface area contributed by atoms with Crippen molar-refractivity contribution in [1.82, 2.24) is 0 Å². The number of nitriles is 1. The van der Waals surface area contributed by atoms with Gasteiger partial charge in [-0.15, -0.1) is 0 Å². The number of halogens is 1. The third-order valence-electron chi connectivity index (χ3n) is 1.81. The monoisotopic (exact) mass is 223 g/mol. The van der Waals surface area contributed by atoms with E-state index in [1.807, 2.05) is 6.92 Å². The summed E-state index contributed by atoms with van der Waals surface area (Å²) in [5.74, 6) is 0.355. The van der Waals surface area contributed by atoms with Crippen LogP contribution in [0.15, 0.2) is 18.2 Å². The molecule has 78 valence electrons. The van der Waals surface area contributed by atoms with Crippen LogP contribution in [0.4, 0.5) is 0 Å². The first kappa shape index (κ1) is 11.5. The Balaban J connectivity index is 2.55. The van der Waals surface area contributed by atoms with Gasteiger partial charge in [0.15, 0.2) is 5.78 Å². The maximum atomic E-state index is 11.0. The molecule has 0 spiro atoms. The molecule has 3 nitrogen and oxygen atoms in total. The summed E-state index contributed by atoms with van der Waals surface area (Å²) in [6.07, 6.45) is -0.118. The maximum Gasteiger partial charge on any atom is 0.184 e. The molecule has 0 amide bonds. The summed E-state index contributed by atoms with van der Waals surface area (Å²) >= 11 is 5.83. The third kappa shape index (κ3) is 3.61. The van der Waals surface area contributed by atoms with E-state index in [1.54, 1.807) is 24.3 Å². The van der Waals surface area contributed by atoms with Crippen LogP contribution in [0.2, 0.25) is 5.02 Å². The summed E-state index contributed by atoms with van der Waals surface area (Å²) in [5, 5.41) is 8.93. The van der Waals surface area contributed by atoms with Crippen LogP contribution in [-0.4, -0.2) is 12.4 Å². The molecule has 0 aliphatic rings. The average molecular weight is 224 g/mol. The Bertz CT molecular complexity index is 410. The van der Waals surface area contributed by atoms with E-state index in [0.29, 0.717) is 10.8 Å². The van der Waals surface area contributed by atoms with E-state index in [1.165, 1.54) is 0 Å². The van der Waals surface area contributed by atoms with Gasteiger partial charge in [-0.1, -0.05) is 11.6 Å². The molecular weight excluding hydrogens is 214 g/mol. The fourth-order valence-corrected chi connectivity index (χ4v) is 1.13. The molecule has 0 aliphatic heterocycles. The molecule has 0 atom stereocenters. The van der Waals surface area contributed by atoms with Gasteiger partial charge in [0.05, 0.1) is 12.5 Å². The second-order valence-electron chi connectivity index (χ2n) is 3.07. The van der Waals surface area contributed by atoms with Gasteiger partial charge in [-0.05, 0) is 30.7 Å². The zero-order chi connectivity index (χ0) is 11.3. The standard InChI is InChI=1S/C11H10ClNO2/c1-8-6-10(2-3-11(8)12)15-7-9(14)4-5-13/h2-3,6H,4,7H2,1H3. The van der Waals surface area contributed by atoms with Gasteiger partial charge in [0.25, 0.3) is 0 Å². The van der Waals surface area contributed by atoms with E-state index >= 15 is 0 Å². The molecule has 0 aliphatic carbocycles. The molecule has 1 aromatic rings. The van der Waals surface area contributed by atoms with Crippen LogP contribution in [0.3, 0.4) is 0 Å². The molecule has 0 radical (unpaired) electrons. The van der Waals surface area contributed by atoms with Crippen molar-refractivity contribution in [3.8, 4) is 11.8 Å². The van der Waals surface area contributed by atoms with E-state index in [9.17, 15) is 4.79 Å². The van der Waals surface area contributed by atoms with Gasteiger partial charge in [-0.3, -0.25) is 4.79 Å². The smallest absolute Gasteiger partial charge is 0.184 e. The highest BCUT2D eigenvalue weighted by molar-refractivity contribution is 6.31. The molecule has 15 heavy (non-hydrogen) atoms. The number of carbonyl (C=O) groups is 1. The summed E-state index contributed by atoms with van der Waals surface area (Å²) < 4.78 is 5.20. The Hall–Kier alpha value is -1.53. The third-order valence-corrected chi connectivity index (χ3v) is 2.23. The Morgan fingerprint density at radius 1 is 1.60 bits per heavy atom. The Morgan fingerprint density at radius 2 is 2.33 bits per heavy atom. The highest BCUT2D eigenvalue weighted by atomic mass is 35.5. The molecule has 1 aromatic carbocycles. The quantitative estimate of drug-likeness (QED) is 0.788. The number of rotatable bonds is 4. The Kier molecular flexibility index (Phi) is 4.14. The SMILES string of the molecule is Cc1cc(OCC(=O)CC#N)ccc1Cl. The van der Waals surface area contributed by atoms with E-state index < -0.39 is 0 Å². The van der Waals surface area contributed by atoms with Crippen molar-refractivity contribution in [3.05, 3.63) is 28.8 Å². The van der Waals surface area contributed by atoms with Gasteiger partial charge in [0.2, 0.25) is 0 Å². The molecule has 0 N–H and O–H groups in total. The van der Waals surface area contributed by atoms with Crippen LogP contribution in [0.1, 0.15) is 12.0 Å². The fourth-order valence-electron chi connectivity index (χ4n) is 1.01. The molecule has 0 aromatic heterocycles. The number of hydrogen-bond donors (Lipinski definition) is 0. The summed E-state index contributed by atoms with van der Waals surface area (Å²) in [4.78, 5) is 11.0. The second kappa shape index (κ2) is 5.38. The van der Waals surface area contributed by atoms with E-state index in [0.717, 1.165) is 5.56 Å². The average Bonchev–Trinajstić information content (AvgIpc) is 2.20. The first-order valence-corrected chi connectivity index (χ1v) is 4.79. The van der Waals surface area contributed by atoms with Crippen LogP contribution < -0.4 is 4.74 Å². The summed E-state index contributed by atoms with van der Waals surface area (Å²) in [7, 11) is 0. The van der Waals surface area contributed by atoms with Crippen molar-refractivity contribution in [3.63, 3.8) is 0 Å². The van der Waals surface area contributed by atoms with Gasteiger partial charge in [-0.2, -0.15) is 5.26 Å². The number of ether oxygens (including phenoxy) is 1. The van der Waals surface area contributed by atoms with Crippen molar-refractivity contribution in [1.29, 1.82) is 5.26 Å². The van der Waals surface area contributed by atoms with E-state index in [-0.39, 0.29) is 18.8 Å². The van der Waals surface area contributed by atoms with Crippen LogP contribution >= 0.6 is 11.6 Å². The molecule has 0 bridgehead atoms. The second-order valence-corrected chi connectivity index (χ2v) is 3.48. The van der Waals surface area contributed by atoms with Gasteiger partial charge in [0.1, 0.15) is 12.4 Å². The normalized spacial score (nSPS) is 9.40. The molecular formula is C11H10ClNO2. The van der Waals surface area contributed by atoms with Crippen molar-refractivity contribution in [2.24, 2.45) is 0 Å². The molecule has 1 rings (SSSR count). The number of ketones is 1. The lowest BCUT2D eigenvalue weighted by Gasteiger charge is -2.05. The first-order chi connectivity index (χ1) is 7.13. The van der Waals surface area contributed by atoms with Gasteiger partial charge < -0.3 is 4.74 Å². The zero-order valence-corrected chi connectivity index (χ0v) is 9.04. The largest absolute Gasteiger partial charge is 0.486 e. The van der Waals surface area contributed by atoms with E-state index in [4.69, 9.17) is 21.6 Å². The minimum Gasteiger partial charge on any atom is -0.486 e. The predicted molar refractivity (Wildman–Crippen MR) is 56.9 cm³/mol. The molecule has 0 unspecified atom stereocenters. The van der Waals surface area contributed by atoms with Gasteiger partial charge in [0, 0.05) is 5.02 Å². The number of aryl methyl sites for hydroxylation is 1. The zero-order valence-electron chi connectivity index (χ0n) is 8.29. The lowest BCUT2D eigenvalue weighted by molar-refractivity contribution is -0.120. The highest BCUT2D eigenvalue weighted by Crippen LogP contribution is 2.20. The lowest BCUT2D eigenvalue weighted by Crippen LogP contribution is -2.10. The fraction of sp³-hybridized carbons (Fsp3) is 0.273. The summed E-state index contributed by atoms with van der Waals surface area (Å²) in [6.45, 7) is 1.78. The number of carbonyl (C=O) groups excluding carboxylic acids is 1. The Labute approximate surface area is 93.2 Å². The number of benzene rings is 1. The van der Waals surface area contributed by atoms with Crippen molar-refractivity contribution >= 4 is 17.4 Å².